The molecule has 0 atom stereocenters. The average Bonchev–Trinajstić information content (AvgIpc) is 2.90. The number of hydrogen-bond donors (Lipinski definition) is 1. The monoisotopic (exact) mass is 733 g/mol. The molecular weight excluding hydrogens is 713 g/mol. The molecule has 0 saturated carbocycles. The Labute approximate surface area is 238 Å². The molecule has 1 N–H and O–H groups in total. The molecule has 6 rings (SSSR count). The molecule has 2 aliphatic rings. The fourth-order valence-corrected chi connectivity index (χ4v) is 5.07. The van der Waals surface area contributed by atoms with Crippen molar-refractivity contribution < 1.29 is 56.3 Å². The number of aliphatic hydroxyl groups is 1. The topological polar surface area (TPSA) is 50.2 Å². The summed E-state index contributed by atoms with van der Waals surface area (Å²) in [6, 6.07) is 23.5. The molecule has 40 heavy (non-hydrogen) atoms. The molecule has 0 saturated heterocycles. The first-order chi connectivity index (χ1) is 18.4. The van der Waals surface area contributed by atoms with E-state index in [9.17, 15) is 31.1 Å². The molecule has 1 heterocycles. The average molecular weight is 733 g/mol. The maximum Gasteiger partial charge on any atom is 0.454 e. The summed E-state index contributed by atoms with van der Waals surface area (Å²) < 4.78 is 68.1. The summed E-state index contributed by atoms with van der Waals surface area (Å²) in [5.41, 5.74) is 11.1. The number of carbonyl (C=O) groups excluding carboxylic acids is 1. The van der Waals surface area contributed by atoms with E-state index in [1.807, 2.05) is 6.20 Å². The van der Waals surface area contributed by atoms with Crippen LogP contribution < -0.4 is 0 Å². The second-order valence-corrected chi connectivity index (χ2v) is 9.28. The molecule has 0 aliphatic heterocycles. The smallest absolute Gasteiger partial charge is 0.454 e. The van der Waals surface area contributed by atoms with Crippen molar-refractivity contribution in [1.29, 1.82) is 0 Å². The molecule has 10 heteroatoms. The minimum atomic E-state index is -5.42. The number of carbonyl (C=O) groups is 1. The number of alkyl halides is 6. The third-order valence-corrected chi connectivity index (χ3v) is 6.79. The zero-order valence-electron chi connectivity index (χ0n) is 20.6. The number of ketones is 1. The van der Waals surface area contributed by atoms with Gasteiger partial charge in [0.1, 0.15) is 0 Å². The molecule has 1 radical (unpaired) electrons. The van der Waals surface area contributed by atoms with Gasteiger partial charge in [-0.2, -0.15) is 26.3 Å². The molecule has 209 valence electrons. The number of fused-ring (bicyclic) bond motifs is 1. The number of aliphatic hydroxyl groups excluding tert-OH is 1. The van der Waals surface area contributed by atoms with Gasteiger partial charge in [0.05, 0.1) is 0 Å². The van der Waals surface area contributed by atoms with Crippen LogP contribution in [0.2, 0.25) is 0 Å². The number of hydrogen-bond acceptors (Lipinski definition) is 3. The van der Waals surface area contributed by atoms with Gasteiger partial charge in [-0.15, -0.1) is 28.8 Å². The molecule has 3 nitrogen and oxygen atoms in total. The number of rotatable bonds is 2. The minimum Gasteiger partial charge on any atom is -0.504 e. The summed E-state index contributed by atoms with van der Waals surface area (Å²) in [6.45, 7) is 0. The van der Waals surface area contributed by atoms with Gasteiger partial charge in [0.2, 0.25) is 5.76 Å². The Kier molecular flexibility index (Phi) is 8.24. The summed E-state index contributed by atoms with van der Waals surface area (Å²) in [6.07, 6.45) is -5.30. The van der Waals surface area contributed by atoms with Crippen LogP contribution in [0.1, 0.15) is 22.3 Å². The fraction of sp³-hybridized carbons (Fsp3) is 0.200. The molecule has 0 amide bonds. The number of nitrogens with zero attached hydrogens (tertiary/aromatic N) is 1. The summed E-state index contributed by atoms with van der Waals surface area (Å²) in [7, 11) is 0. The van der Waals surface area contributed by atoms with Gasteiger partial charge in [0.15, 0.2) is 0 Å². The van der Waals surface area contributed by atoms with Gasteiger partial charge in [0, 0.05) is 32.4 Å². The largest absolute Gasteiger partial charge is 0.504 e. The fourth-order valence-electron chi connectivity index (χ4n) is 5.07. The Hall–Kier alpha value is -3.49. The van der Waals surface area contributed by atoms with Crippen molar-refractivity contribution in [1.82, 2.24) is 4.98 Å². The molecular formula is C30H20F6IrNO2-. The third kappa shape index (κ3) is 5.83. The van der Waals surface area contributed by atoms with Gasteiger partial charge in [-0.25, -0.2) is 0 Å². The van der Waals surface area contributed by atoms with Crippen molar-refractivity contribution in [2.24, 2.45) is 0 Å². The molecule has 4 aromatic rings. The quantitative estimate of drug-likeness (QED) is 0.0997. The summed E-state index contributed by atoms with van der Waals surface area (Å²) in [4.78, 5) is 14.6. The van der Waals surface area contributed by atoms with Crippen LogP contribution in [0.15, 0.2) is 72.6 Å². The van der Waals surface area contributed by atoms with E-state index in [1.54, 1.807) is 0 Å². The van der Waals surface area contributed by atoms with E-state index in [-0.39, 0.29) is 20.1 Å². The van der Waals surface area contributed by atoms with Gasteiger partial charge in [-0.1, -0.05) is 53.6 Å². The maximum absolute atomic E-state index is 11.4. The summed E-state index contributed by atoms with van der Waals surface area (Å²) in [5.74, 6) is -5.34. The standard InChI is InChI=1S/C25H18N.C5H2F6O2.Ir/c1-2-7-22-16(4-1)12-13-26-25(22)21-14-19-10-8-17-5-3-6-18-9-11-20(15-21)24(19)23(17)18;6-4(7,8)2(12)1-3(13)5(9,10)11;/h1-7,12-14H,8-11H2;1,12H;/q-1;;/b;2-1-;. The predicted molar refractivity (Wildman–Crippen MR) is 134 cm³/mol. The number of allylic oxidation sites excluding steroid dienone is 2. The summed E-state index contributed by atoms with van der Waals surface area (Å²) in [5, 5.41) is 10.4. The zero-order chi connectivity index (χ0) is 27.9. The van der Waals surface area contributed by atoms with E-state index >= 15 is 0 Å². The van der Waals surface area contributed by atoms with Crippen molar-refractivity contribution in [3.8, 4) is 22.4 Å². The first-order valence-electron chi connectivity index (χ1n) is 12.1. The van der Waals surface area contributed by atoms with Crippen LogP contribution in [0.25, 0.3) is 33.2 Å². The van der Waals surface area contributed by atoms with Crippen molar-refractivity contribution in [2.45, 2.75) is 38.0 Å². The molecule has 0 spiro atoms. The minimum absolute atomic E-state index is 0. The zero-order valence-corrected chi connectivity index (χ0v) is 23.0. The number of aromatic nitrogens is 1. The number of benzene rings is 3. The predicted octanol–water partition coefficient (Wildman–Crippen LogP) is 7.69. The van der Waals surface area contributed by atoms with E-state index in [0.29, 0.717) is 0 Å². The Morgan fingerprint density at radius 3 is 2.15 bits per heavy atom. The van der Waals surface area contributed by atoms with Gasteiger partial charge >= 0.3 is 12.4 Å². The van der Waals surface area contributed by atoms with Crippen LogP contribution in [0.5, 0.6) is 0 Å². The van der Waals surface area contributed by atoms with E-state index in [2.05, 4.69) is 60.7 Å². The molecule has 1 aromatic heterocycles. The van der Waals surface area contributed by atoms with Gasteiger partial charge in [-0.05, 0) is 59.3 Å². The van der Waals surface area contributed by atoms with Crippen LogP contribution >= 0.6 is 0 Å². The van der Waals surface area contributed by atoms with Crippen LogP contribution in [0.4, 0.5) is 26.3 Å². The number of pyridine rings is 1. The van der Waals surface area contributed by atoms with Gasteiger partial charge in [0.25, 0.3) is 5.78 Å². The molecule has 0 unspecified atom stereocenters. The number of aryl methyl sites for hydroxylation is 4. The molecule has 0 fully saturated rings. The van der Waals surface area contributed by atoms with E-state index in [0.717, 1.165) is 36.9 Å². The van der Waals surface area contributed by atoms with Crippen molar-refractivity contribution >= 4 is 16.6 Å². The van der Waals surface area contributed by atoms with Crippen LogP contribution in [0.3, 0.4) is 0 Å². The molecule has 3 aromatic carbocycles. The van der Waals surface area contributed by atoms with Gasteiger partial charge < -0.3 is 10.1 Å². The van der Waals surface area contributed by atoms with E-state index in [1.165, 1.54) is 44.2 Å². The summed E-state index contributed by atoms with van der Waals surface area (Å²) >= 11 is 0. The van der Waals surface area contributed by atoms with E-state index < -0.39 is 30.0 Å². The normalized spacial score (nSPS) is 14.0. The first kappa shape index (κ1) is 29.5. The van der Waals surface area contributed by atoms with Gasteiger partial charge in [-0.3, -0.25) is 4.79 Å². The Balaban J connectivity index is 0.000000229. The Bertz CT molecular complexity index is 1570. The SMILES string of the molecule is O=C(/C=C(\O)C(F)(F)F)C(F)(F)F.[Ir].[c-]1c(-c2nccc3ccccc23)cc2c3c1CCc1cccc(c1-3)CC2. The van der Waals surface area contributed by atoms with Crippen molar-refractivity contribution in [3.63, 3.8) is 0 Å². The second-order valence-electron chi connectivity index (χ2n) is 9.28. The van der Waals surface area contributed by atoms with Crippen LogP contribution in [-0.4, -0.2) is 28.2 Å². The van der Waals surface area contributed by atoms with E-state index in [4.69, 9.17) is 10.1 Å². The Morgan fingerprint density at radius 1 is 0.825 bits per heavy atom. The number of halogens is 6. The third-order valence-electron chi connectivity index (χ3n) is 6.79. The second kappa shape index (κ2) is 11.2. The maximum atomic E-state index is 11.4. The van der Waals surface area contributed by atoms with Crippen molar-refractivity contribution in [3.05, 3.63) is 101 Å². The first-order valence-corrected chi connectivity index (χ1v) is 12.1. The van der Waals surface area contributed by atoms with Crippen LogP contribution in [-0.2, 0) is 50.6 Å². The van der Waals surface area contributed by atoms with Crippen LogP contribution in [0, 0.1) is 6.07 Å². The Morgan fingerprint density at radius 2 is 1.48 bits per heavy atom. The molecule has 2 aliphatic carbocycles. The van der Waals surface area contributed by atoms with Crippen molar-refractivity contribution in [2.75, 3.05) is 0 Å². The molecule has 0 bridgehead atoms.